The highest BCUT2D eigenvalue weighted by Gasteiger charge is 2.05. The van der Waals surface area contributed by atoms with Gasteiger partial charge in [0, 0.05) is 17.3 Å². The molecule has 0 fully saturated rings. The summed E-state index contributed by atoms with van der Waals surface area (Å²) in [6.07, 6.45) is 0.982. The number of nitrogens with two attached hydrogens (primary N) is 1. The minimum Gasteiger partial charge on any atom is -0.497 e. The summed E-state index contributed by atoms with van der Waals surface area (Å²) in [6.45, 7) is 2.55. The molecule has 0 saturated heterocycles. The van der Waals surface area contributed by atoms with E-state index in [0.717, 1.165) is 29.2 Å². The lowest BCUT2D eigenvalue weighted by Crippen LogP contribution is -2.22. The first-order valence-electron chi connectivity index (χ1n) is 7.53. The van der Waals surface area contributed by atoms with Crippen LogP contribution in [0.15, 0.2) is 47.5 Å². The number of hydrogen-bond acceptors (Lipinski definition) is 3. The number of benzene rings is 2. The number of ether oxygens (including phenoxy) is 2. The van der Waals surface area contributed by atoms with Gasteiger partial charge in [-0.05, 0) is 36.2 Å². The standard InChI is InChI=1S/C18H23N3O2.HI/c1-4-13-6-5-7-15(10-13)21-18(19)20-12-14-8-9-16(22-2)11-17(14)23-3;/h5-11H,4,12H2,1-3H3,(H3,19,20,21);1H. The van der Waals surface area contributed by atoms with Crippen LogP contribution in [-0.4, -0.2) is 20.2 Å². The Morgan fingerprint density at radius 3 is 2.58 bits per heavy atom. The number of guanidine groups is 1. The van der Waals surface area contributed by atoms with Gasteiger partial charge in [-0.15, -0.1) is 24.0 Å². The zero-order valence-electron chi connectivity index (χ0n) is 14.2. The summed E-state index contributed by atoms with van der Waals surface area (Å²) < 4.78 is 10.5. The predicted octanol–water partition coefficient (Wildman–Crippen LogP) is 3.81. The minimum absolute atomic E-state index is 0. The van der Waals surface area contributed by atoms with Crippen molar-refractivity contribution in [2.75, 3.05) is 19.5 Å². The van der Waals surface area contributed by atoms with Crippen LogP contribution in [-0.2, 0) is 13.0 Å². The van der Waals surface area contributed by atoms with Crippen LogP contribution in [0.25, 0.3) is 0 Å². The van der Waals surface area contributed by atoms with Crippen molar-refractivity contribution in [2.24, 2.45) is 10.7 Å². The summed E-state index contributed by atoms with van der Waals surface area (Å²) in [4.78, 5) is 4.37. The molecular formula is C18H24IN3O2. The maximum absolute atomic E-state index is 5.97. The Hall–Kier alpha value is -1.96. The first kappa shape index (κ1) is 20.1. The molecule has 2 rings (SSSR count). The number of aryl methyl sites for hydroxylation is 1. The molecule has 130 valence electrons. The molecule has 0 radical (unpaired) electrons. The Labute approximate surface area is 160 Å². The quantitative estimate of drug-likeness (QED) is 0.407. The molecule has 0 aliphatic carbocycles. The van der Waals surface area contributed by atoms with Crippen molar-refractivity contribution in [3.8, 4) is 11.5 Å². The van der Waals surface area contributed by atoms with Gasteiger partial charge in [0.15, 0.2) is 5.96 Å². The molecule has 24 heavy (non-hydrogen) atoms. The van der Waals surface area contributed by atoms with E-state index >= 15 is 0 Å². The Morgan fingerprint density at radius 1 is 1.12 bits per heavy atom. The summed E-state index contributed by atoms with van der Waals surface area (Å²) in [5.74, 6) is 1.85. The zero-order valence-corrected chi connectivity index (χ0v) is 16.5. The van der Waals surface area contributed by atoms with Crippen LogP contribution in [0.1, 0.15) is 18.1 Å². The summed E-state index contributed by atoms with van der Waals surface area (Å²) in [6, 6.07) is 13.8. The molecule has 0 amide bonds. The summed E-state index contributed by atoms with van der Waals surface area (Å²) in [5.41, 5.74) is 9.10. The molecule has 0 spiro atoms. The summed E-state index contributed by atoms with van der Waals surface area (Å²) >= 11 is 0. The third-order valence-electron chi connectivity index (χ3n) is 3.52. The van der Waals surface area contributed by atoms with Gasteiger partial charge in [-0.1, -0.05) is 19.1 Å². The van der Waals surface area contributed by atoms with E-state index in [0.29, 0.717) is 12.5 Å². The Kier molecular flexibility index (Phi) is 8.39. The number of aliphatic imine (C=N–C) groups is 1. The van der Waals surface area contributed by atoms with Gasteiger partial charge in [0.2, 0.25) is 0 Å². The highest BCUT2D eigenvalue weighted by atomic mass is 127. The molecule has 0 unspecified atom stereocenters. The van der Waals surface area contributed by atoms with Crippen molar-refractivity contribution in [1.29, 1.82) is 0 Å². The molecule has 2 aromatic carbocycles. The van der Waals surface area contributed by atoms with Crippen molar-refractivity contribution < 1.29 is 9.47 Å². The number of nitrogens with zero attached hydrogens (tertiary/aromatic N) is 1. The van der Waals surface area contributed by atoms with Gasteiger partial charge in [-0.3, -0.25) is 0 Å². The van der Waals surface area contributed by atoms with E-state index in [2.05, 4.69) is 29.4 Å². The van der Waals surface area contributed by atoms with Crippen LogP contribution in [0.5, 0.6) is 11.5 Å². The van der Waals surface area contributed by atoms with Gasteiger partial charge in [-0.25, -0.2) is 4.99 Å². The van der Waals surface area contributed by atoms with Crippen LogP contribution in [0.2, 0.25) is 0 Å². The van der Waals surface area contributed by atoms with Gasteiger partial charge in [0.1, 0.15) is 11.5 Å². The maximum atomic E-state index is 5.97. The van der Waals surface area contributed by atoms with Crippen LogP contribution in [0.4, 0.5) is 5.69 Å². The first-order chi connectivity index (χ1) is 11.2. The maximum Gasteiger partial charge on any atom is 0.193 e. The smallest absolute Gasteiger partial charge is 0.193 e. The van der Waals surface area contributed by atoms with Crippen molar-refractivity contribution in [3.63, 3.8) is 0 Å². The van der Waals surface area contributed by atoms with E-state index in [1.165, 1.54) is 5.56 Å². The fourth-order valence-electron chi connectivity index (χ4n) is 2.21. The van der Waals surface area contributed by atoms with E-state index in [4.69, 9.17) is 15.2 Å². The van der Waals surface area contributed by atoms with Crippen LogP contribution in [0, 0.1) is 0 Å². The normalized spacial score (nSPS) is 10.7. The third-order valence-corrected chi connectivity index (χ3v) is 3.52. The van der Waals surface area contributed by atoms with Gasteiger partial charge in [0.05, 0.1) is 20.8 Å². The number of methoxy groups -OCH3 is 2. The second-order valence-electron chi connectivity index (χ2n) is 5.06. The molecule has 0 aliphatic heterocycles. The molecule has 0 heterocycles. The lowest BCUT2D eigenvalue weighted by atomic mass is 10.1. The van der Waals surface area contributed by atoms with Gasteiger partial charge in [-0.2, -0.15) is 0 Å². The summed E-state index contributed by atoms with van der Waals surface area (Å²) in [7, 11) is 3.25. The molecule has 0 saturated carbocycles. The van der Waals surface area contributed by atoms with Gasteiger partial charge in [0.25, 0.3) is 0 Å². The number of halogens is 1. The monoisotopic (exact) mass is 441 g/mol. The molecule has 3 N–H and O–H groups in total. The molecule has 0 aromatic heterocycles. The Morgan fingerprint density at radius 2 is 1.92 bits per heavy atom. The number of rotatable bonds is 6. The van der Waals surface area contributed by atoms with Gasteiger partial charge >= 0.3 is 0 Å². The second kappa shape index (κ2) is 10.0. The largest absolute Gasteiger partial charge is 0.497 e. The summed E-state index contributed by atoms with van der Waals surface area (Å²) in [5, 5.41) is 3.11. The van der Waals surface area contributed by atoms with E-state index in [1.807, 2.05) is 30.3 Å². The molecule has 5 nitrogen and oxygen atoms in total. The van der Waals surface area contributed by atoms with E-state index in [9.17, 15) is 0 Å². The SMILES string of the molecule is CCc1cccc(NC(N)=NCc2ccc(OC)cc2OC)c1.I. The van der Waals surface area contributed by atoms with E-state index < -0.39 is 0 Å². The Balaban J connectivity index is 0.00000288. The van der Waals surface area contributed by atoms with Crippen LogP contribution >= 0.6 is 24.0 Å². The lowest BCUT2D eigenvalue weighted by molar-refractivity contribution is 0.391. The number of anilines is 1. The zero-order chi connectivity index (χ0) is 16.7. The lowest BCUT2D eigenvalue weighted by Gasteiger charge is -2.10. The Bertz CT molecular complexity index is 690. The molecule has 6 heteroatoms. The molecule has 0 bridgehead atoms. The van der Waals surface area contributed by atoms with Gasteiger partial charge < -0.3 is 20.5 Å². The van der Waals surface area contributed by atoms with Crippen LogP contribution in [0.3, 0.4) is 0 Å². The second-order valence-corrected chi connectivity index (χ2v) is 5.06. The van der Waals surface area contributed by atoms with E-state index in [-0.39, 0.29) is 24.0 Å². The average Bonchev–Trinajstić information content (AvgIpc) is 2.59. The van der Waals surface area contributed by atoms with Crippen LogP contribution < -0.4 is 20.5 Å². The minimum atomic E-state index is 0. The predicted molar refractivity (Wildman–Crippen MR) is 110 cm³/mol. The molecule has 0 atom stereocenters. The first-order valence-corrected chi connectivity index (χ1v) is 7.53. The molecule has 0 aliphatic rings. The fourth-order valence-corrected chi connectivity index (χ4v) is 2.21. The van der Waals surface area contributed by atoms with E-state index in [1.54, 1.807) is 14.2 Å². The molecule has 2 aromatic rings. The fraction of sp³-hybridized carbons (Fsp3) is 0.278. The highest BCUT2D eigenvalue weighted by Crippen LogP contribution is 2.25. The molecular weight excluding hydrogens is 417 g/mol. The van der Waals surface area contributed by atoms with Crippen molar-refractivity contribution in [2.45, 2.75) is 19.9 Å². The third kappa shape index (κ3) is 5.59. The number of nitrogens with one attached hydrogen (secondary N) is 1. The topological polar surface area (TPSA) is 68.9 Å². The van der Waals surface area contributed by atoms with Crippen molar-refractivity contribution >= 4 is 35.6 Å². The van der Waals surface area contributed by atoms with Crippen molar-refractivity contribution in [3.05, 3.63) is 53.6 Å². The average molecular weight is 441 g/mol. The van der Waals surface area contributed by atoms with Crippen molar-refractivity contribution in [1.82, 2.24) is 0 Å². The number of hydrogen-bond donors (Lipinski definition) is 2. The highest BCUT2D eigenvalue weighted by molar-refractivity contribution is 14.0.